The molecule has 0 aromatic carbocycles. The van der Waals surface area contributed by atoms with Crippen LogP contribution in [0.4, 0.5) is 0 Å². The first kappa shape index (κ1) is 11.6. The van der Waals surface area contributed by atoms with Gasteiger partial charge in [0.15, 0.2) is 5.60 Å². The van der Waals surface area contributed by atoms with Crippen molar-refractivity contribution < 1.29 is 10.0 Å². The van der Waals surface area contributed by atoms with E-state index in [9.17, 15) is 15.2 Å². The summed E-state index contributed by atoms with van der Waals surface area (Å²) in [5.41, 5.74) is -1.57. The molecular weight excluding hydrogens is 200 g/mol. The Kier molecular flexibility index (Phi) is 3.38. The van der Waals surface area contributed by atoms with Crippen LogP contribution in [0.15, 0.2) is 12.4 Å². The van der Waals surface area contributed by atoms with Crippen molar-refractivity contribution in [3.8, 4) is 0 Å². The van der Waals surface area contributed by atoms with Crippen LogP contribution in [-0.2, 0) is 5.60 Å². The molecule has 1 rings (SSSR count). The van der Waals surface area contributed by atoms with E-state index >= 15 is 0 Å². The summed E-state index contributed by atoms with van der Waals surface area (Å²) < 4.78 is 0. The summed E-state index contributed by atoms with van der Waals surface area (Å²) in [4.78, 5) is 18.2. The smallest absolute Gasteiger partial charge is 0.240 e. The monoisotopic (exact) mass is 214 g/mol. The van der Waals surface area contributed by atoms with Crippen LogP contribution in [0.5, 0.6) is 0 Å². The number of hydrogen-bond acceptors (Lipinski definition) is 5. The van der Waals surface area contributed by atoms with Crippen LogP contribution in [0.1, 0.15) is 5.82 Å². The van der Waals surface area contributed by atoms with E-state index in [0.29, 0.717) is 0 Å². The Balaban J connectivity index is 2.90. The van der Waals surface area contributed by atoms with Crippen molar-refractivity contribution in [3.63, 3.8) is 0 Å². The highest BCUT2D eigenvalue weighted by Crippen LogP contribution is 2.18. The molecule has 15 heavy (non-hydrogen) atoms. The lowest BCUT2D eigenvalue weighted by molar-refractivity contribution is -0.503. The minimum Gasteiger partial charge on any atom is -0.375 e. The third-order valence-corrected chi connectivity index (χ3v) is 1.91. The number of nitro groups is 1. The largest absolute Gasteiger partial charge is 0.375 e. The summed E-state index contributed by atoms with van der Waals surface area (Å²) in [7, 11) is 3.46. The molecule has 0 saturated heterocycles. The molecule has 0 radical (unpaired) electrons. The first-order valence-corrected chi connectivity index (χ1v) is 4.43. The Labute approximate surface area is 86.9 Å². The first-order chi connectivity index (χ1) is 6.94. The van der Waals surface area contributed by atoms with E-state index < -0.39 is 17.1 Å². The van der Waals surface area contributed by atoms with Crippen LogP contribution in [0, 0.1) is 10.1 Å². The molecule has 0 aliphatic rings. The van der Waals surface area contributed by atoms with Gasteiger partial charge in [-0.05, 0) is 14.1 Å². The predicted octanol–water partition coefficient (Wildman–Crippen LogP) is -0.564. The first-order valence-electron chi connectivity index (χ1n) is 4.43. The van der Waals surface area contributed by atoms with E-state index in [1.165, 1.54) is 12.4 Å². The van der Waals surface area contributed by atoms with Gasteiger partial charge in [0.2, 0.25) is 6.54 Å². The molecule has 2 N–H and O–H groups in total. The fraction of sp³-hybridized carbons (Fsp3) is 0.625. The molecule has 0 aliphatic heterocycles. The molecule has 7 nitrogen and oxygen atoms in total. The van der Waals surface area contributed by atoms with Gasteiger partial charge in [0.25, 0.3) is 0 Å². The van der Waals surface area contributed by atoms with Gasteiger partial charge in [-0.3, -0.25) is 10.1 Å². The average Bonchev–Trinajstić information content (AvgIpc) is 2.51. The Morgan fingerprint density at radius 3 is 2.80 bits per heavy atom. The molecule has 1 atom stereocenters. The van der Waals surface area contributed by atoms with Crippen molar-refractivity contribution in [2.75, 3.05) is 27.2 Å². The van der Waals surface area contributed by atoms with E-state index in [1.807, 2.05) is 0 Å². The number of likely N-dealkylation sites (N-methyl/N-ethyl adjacent to an activating group) is 1. The van der Waals surface area contributed by atoms with Crippen molar-refractivity contribution in [3.05, 3.63) is 28.3 Å². The van der Waals surface area contributed by atoms with Gasteiger partial charge in [-0.25, -0.2) is 4.98 Å². The number of nitrogens with one attached hydrogen (secondary N) is 1. The highest BCUT2D eigenvalue weighted by atomic mass is 16.6. The summed E-state index contributed by atoms with van der Waals surface area (Å²) in [6.07, 6.45) is 2.98. The van der Waals surface area contributed by atoms with Gasteiger partial charge in [0.1, 0.15) is 5.82 Å². The molecule has 0 saturated carbocycles. The molecule has 1 aromatic rings. The SMILES string of the molecule is CN(C)CC(O)(C[N+](=O)[O-])c1ncc[nH]1. The van der Waals surface area contributed by atoms with Crippen molar-refractivity contribution in [2.24, 2.45) is 0 Å². The Morgan fingerprint density at radius 2 is 2.40 bits per heavy atom. The van der Waals surface area contributed by atoms with Crippen molar-refractivity contribution >= 4 is 0 Å². The number of aromatic amines is 1. The molecule has 1 aromatic heterocycles. The van der Waals surface area contributed by atoms with E-state index in [2.05, 4.69) is 9.97 Å². The van der Waals surface area contributed by atoms with Crippen molar-refractivity contribution in [1.82, 2.24) is 14.9 Å². The summed E-state index contributed by atoms with van der Waals surface area (Å²) in [5.74, 6) is 0.216. The summed E-state index contributed by atoms with van der Waals surface area (Å²) in [6.45, 7) is -0.430. The number of rotatable bonds is 5. The van der Waals surface area contributed by atoms with Gasteiger partial charge in [-0.15, -0.1) is 0 Å². The van der Waals surface area contributed by atoms with Crippen LogP contribution >= 0.6 is 0 Å². The fourth-order valence-electron chi connectivity index (χ4n) is 1.46. The molecule has 0 spiro atoms. The Bertz CT molecular complexity index is 325. The lowest BCUT2D eigenvalue weighted by Gasteiger charge is -2.25. The normalized spacial score (nSPS) is 15.2. The lowest BCUT2D eigenvalue weighted by Crippen LogP contribution is -2.44. The third kappa shape index (κ3) is 3.00. The van der Waals surface area contributed by atoms with Crippen LogP contribution in [0.2, 0.25) is 0 Å². The van der Waals surface area contributed by atoms with E-state index in [0.717, 1.165) is 0 Å². The average molecular weight is 214 g/mol. The summed E-state index contributed by atoms with van der Waals surface area (Å²) in [5, 5.41) is 20.6. The molecule has 0 aliphatic carbocycles. The highest BCUT2D eigenvalue weighted by Gasteiger charge is 2.38. The lowest BCUT2D eigenvalue weighted by atomic mass is 10.0. The number of nitrogens with zero attached hydrogens (tertiary/aromatic N) is 3. The molecule has 0 fully saturated rings. The van der Waals surface area contributed by atoms with Gasteiger partial charge in [-0.1, -0.05) is 0 Å². The zero-order valence-electron chi connectivity index (χ0n) is 8.67. The van der Waals surface area contributed by atoms with Crippen LogP contribution < -0.4 is 0 Å². The second-order valence-corrected chi connectivity index (χ2v) is 3.70. The topological polar surface area (TPSA) is 95.3 Å². The molecular formula is C8H14N4O3. The van der Waals surface area contributed by atoms with Gasteiger partial charge >= 0.3 is 0 Å². The van der Waals surface area contributed by atoms with E-state index in [1.54, 1.807) is 19.0 Å². The number of H-pyrrole nitrogens is 1. The molecule has 84 valence electrons. The van der Waals surface area contributed by atoms with Crippen molar-refractivity contribution in [2.45, 2.75) is 5.60 Å². The molecule has 1 unspecified atom stereocenters. The van der Waals surface area contributed by atoms with Crippen molar-refractivity contribution in [1.29, 1.82) is 0 Å². The number of aliphatic hydroxyl groups is 1. The maximum Gasteiger partial charge on any atom is 0.240 e. The van der Waals surface area contributed by atoms with Gasteiger partial charge in [0.05, 0.1) is 0 Å². The van der Waals surface area contributed by atoms with Gasteiger partial charge in [-0.2, -0.15) is 0 Å². The minimum atomic E-state index is -1.57. The van der Waals surface area contributed by atoms with Gasteiger partial charge < -0.3 is 15.0 Å². The number of aromatic nitrogens is 2. The quantitative estimate of drug-likeness (QED) is 0.505. The second kappa shape index (κ2) is 4.37. The van der Waals surface area contributed by atoms with Crippen LogP contribution in [-0.4, -0.2) is 52.1 Å². The molecule has 0 bridgehead atoms. The molecule has 0 amide bonds. The Hall–Kier alpha value is -1.47. The van der Waals surface area contributed by atoms with E-state index in [-0.39, 0.29) is 12.4 Å². The minimum absolute atomic E-state index is 0.140. The standard InChI is InChI=1S/C8H14N4O3/c1-11(2)5-8(13,6-12(14)15)7-9-3-4-10-7/h3-4,13H,5-6H2,1-2H3,(H,9,10). The second-order valence-electron chi connectivity index (χ2n) is 3.70. The van der Waals surface area contributed by atoms with Gasteiger partial charge in [0, 0.05) is 23.9 Å². The number of imidazole rings is 1. The number of hydrogen-bond donors (Lipinski definition) is 2. The molecule has 1 heterocycles. The fourth-order valence-corrected chi connectivity index (χ4v) is 1.46. The zero-order valence-corrected chi connectivity index (χ0v) is 8.67. The summed E-state index contributed by atoms with van der Waals surface area (Å²) in [6, 6.07) is 0. The maximum absolute atomic E-state index is 10.5. The van der Waals surface area contributed by atoms with Crippen LogP contribution in [0.25, 0.3) is 0 Å². The van der Waals surface area contributed by atoms with Crippen LogP contribution in [0.3, 0.4) is 0 Å². The predicted molar refractivity (Wildman–Crippen MR) is 52.9 cm³/mol. The zero-order chi connectivity index (χ0) is 11.5. The highest BCUT2D eigenvalue weighted by molar-refractivity contribution is 5.03. The Morgan fingerprint density at radius 1 is 1.73 bits per heavy atom. The summed E-state index contributed by atoms with van der Waals surface area (Å²) >= 11 is 0. The third-order valence-electron chi connectivity index (χ3n) is 1.91. The van der Waals surface area contributed by atoms with E-state index in [4.69, 9.17) is 0 Å². The molecule has 7 heteroatoms. The maximum atomic E-state index is 10.5.